The van der Waals surface area contributed by atoms with Gasteiger partial charge in [-0.3, -0.25) is 4.90 Å². The molecule has 19 heavy (non-hydrogen) atoms. The molecule has 106 valence electrons. The van der Waals surface area contributed by atoms with Gasteiger partial charge in [-0.15, -0.1) is 0 Å². The second kappa shape index (κ2) is 6.60. The molecule has 0 saturated carbocycles. The number of halogens is 1. The van der Waals surface area contributed by atoms with E-state index in [1.54, 1.807) is 6.07 Å². The molecule has 0 bridgehead atoms. The van der Waals surface area contributed by atoms with E-state index in [4.69, 9.17) is 11.6 Å². The maximum absolute atomic E-state index is 9.58. The van der Waals surface area contributed by atoms with Crippen molar-refractivity contribution in [2.45, 2.75) is 26.3 Å². The van der Waals surface area contributed by atoms with Crippen molar-refractivity contribution in [2.24, 2.45) is 5.92 Å². The minimum Gasteiger partial charge on any atom is -0.506 e. The van der Waals surface area contributed by atoms with Gasteiger partial charge in [0.25, 0.3) is 0 Å². The Labute approximate surface area is 120 Å². The first-order chi connectivity index (χ1) is 9.13. The fourth-order valence-corrected chi connectivity index (χ4v) is 2.98. The monoisotopic (exact) mass is 282 g/mol. The smallest absolute Gasteiger partial charge is 0.134 e. The molecule has 1 fully saturated rings. The summed E-state index contributed by atoms with van der Waals surface area (Å²) in [5, 5.41) is 13.4. The van der Waals surface area contributed by atoms with Crippen LogP contribution >= 0.6 is 11.6 Å². The van der Waals surface area contributed by atoms with Crippen LogP contribution in [0.2, 0.25) is 5.02 Å². The zero-order valence-corrected chi connectivity index (χ0v) is 12.5. The predicted octanol–water partition coefficient (Wildman–Crippen LogP) is 3.04. The third kappa shape index (κ3) is 3.41. The van der Waals surface area contributed by atoms with Crippen LogP contribution in [-0.4, -0.2) is 36.2 Å². The van der Waals surface area contributed by atoms with Crippen LogP contribution in [-0.2, 0) is 0 Å². The van der Waals surface area contributed by atoms with Gasteiger partial charge < -0.3 is 10.4 Å². The van der Waals surface area contributed by atoms with Crippen LogP contribution in [0.15, 0.2) is 18.2 Å². The van der Waals surface area contributed by atoms with E-state index >= 15 is 0 Å². The zero-order valence-electron chi connectivity index (χ0n) is 11.7. The first-order valence-electron chi connectivity index (χ1n) is 7.06. The molecule has 0 aromatic heterocycles. The SMILES string of the molecule is CCC(C)[C@@H](c1ccc(O)c(Cl)c1)N1CCNCC1. The predicted molar refractivity (Wildman–Crippen MR) is 79.8 cm³/mol. The Hall–Kier alpha value is -0.770. The van der Waals surface area contributed by atoms with Crippen molar-refractivity contribution in [3.05, 3.63) is 28.8 Å². The van der Waals surface area contributed by atoms with Gasteiger partial charge in [-0.05, 0) is 23.6 Å². The lowest BCUT2D eigenvalue weighted by Crippen LogP contribution is -2.46. The van der Waals surface area contributed by atoms with Gasteiger partial charge >= 0.3 is 0 Å². The van der Waals surface area contributed by atoms with Crippen molar-refractivity contribution in [1.82, 2.24) is 10.2 Å². The Morgan fingerprint density at radius 1 is 1.37 bits per heavy atom. The highest BCUT2D eigenvalue weighted by atomic mass is 35.5. The minimum atomic E-state index is 0.161. The molecule has 2 N–H and O–H groups in total. The molecule has 1 unspecified atom stereocenters. The normalized spacial score (nSPS) is 20.2. The van der Waals surface area contributed by atoms with Crippen LogP contribution in [0.5, 0.6) is 5.75 Å². The number of rotatable bonds is 4. The second-order valence-corrected chi connectivity index (χ2v) is 5.73. The fraction of sp³-hybridized carbons (Fsp3) is 0.600. The van der Waals surface area contributed by atoms with Crippen LogP contribution in [0.1, 0.15) is 31.9 Å². The quantitative estimate of drug-likeness (QED) is 0.891. The highest BCUT2D eigenvalue weighted by molar-refractivity contribution is 6.32. The lowest BCUT2D eigenvalue weighted by molar-refractivity contribution is 0.128. The van der Waals surface area contributed by atoms with E-state index in [1.807, 2.05) is 12.1 Å². The Balaban J connectivity index is 2.27. The van der Waals surface area contributed by atoms with E-state index in [2.05, 4.69) is 24.1 Å². The number of hydrogen-bond donors (Lipinski definition) is 2. The summed E-state index contributed by atoms with van der Waals surface area (Å²) in [5.41, 5.74) is 1.21. The molecule has 0 spiro atoms. The molecule has 1 saturated heterocycles. The molecule has 1 aromatic rings. The van der Waals surface area contributed by atoms with Crippen molar-refractivity contribution >= 4 is 11.6 Å². The van der Waals surface area contributed by atoms with Gasteiger partial charge in [0.05, 0.1) is 5.02 Å². The molecule has 0 radical (unpaired) electrons. The van der Waals surface area contributed by atoms with Gasteiger partial charge in [0, 0.05) is 32.2 Å². The summed E-state index contributed by atoms with van der Waals surface area (Å²) < 4.78 is 0. The van der Waals surface area contributed by atoms with Crippen molar-refractivity contribution in [3.8, 4) is 5.75 Å². The summed E-state index contributed by atoms with van der Waals surface area (Å²) in [6.07, 6.45) is 1.13. The first-order valence-corrected chi connectivity index (χ1v) is 7.44. The average molecular weight is 283 g/mol. The highest BCUT2D eigenvalue weighted by Crippen LogP contribution is 2.34. The van der Waals surface area contributed by atoms with Crippen LogP contribution in [0.4, 0.5) is 0 Å². The zero-order chi connectivity index (χ0) is 13.8. The summed E-state index contributed by atoms with van der Waals surface area (Å²) in [7, 11) is 0. The van der Waals surface area contributed by atoms with Crippen LogP contribution in [0.25, 0.3) is 0 Å². The van der Waals surface area contributed by atoms with Gasteiger partial charge in [0.15, 0.2) is 0 Å². The number of phenols is 1. The van der Waals surface area contributed by atoms with Gasteiger partial charge in [0.2, 0.25) is 0 Å². The Kier molecular flexibility index (Phi) is 5.08. The summed E-state index contributed by atoms with van der Waals surface area (Å²) in [4.78, 5) is 2.52. The number of phenolic OH excluding ortho intramolecular Hbond substituents is 1. The van der Waals surface area contributed by atoms with E-state index < -0.39 is 0 Å². The topological polar surface area (TPSA) is 35.5 Å². The van der Waals surface area contributed by atoms with E-state index in [9.17, 15) is 5.11 Å². The minimum absolute atomic E-state index is 0.161. The van der Waals surface area contributed by atoms with Crippen LogP contribution < -0.4 is 5.32 Å². The maximum atomic E-state index is 9.58. The first kappa shape index (κ1) is 14.6. The Morgan fingerprint density at radius 2 is 2.05 bits per heavy atom. The third-order valence-electron chi connectivity index (χ3n) is 4.04. The largest absolute Gasteiger partial charge is 0.506 e. The van der Waals surface area contributed by atoms with E-state index in [0.717, 1.165) is 32.6 Å². The molecule has 0 amide bonds. The third-order valence-corrected chi connectivity index (χ3v) is 4.34. The number of nitrogens with one attached hydrogen (secondary N) is 1. The fourth-order valence-electron chi connectivity index (χ4n) is 2.79. The van der Waals surface area contributed by atoms with Crippen molar-refractivity contribution in [1.29, 1.82) is 0 Å². The summed E-state index contributed by atoms with van der Waals surface area (Å²) in [6.45, 7) is 8.72. The molecule has 1 aliphatic rings. The van der Waals surface area contributed by atoms with Gasteiger partial charge in [-0.25, -0.2) is 0 Å². The maximum Gasteiger partial charge on any atom is 0.134 e. The average Bonchev–Trinajstić information content (AvgIpc) is 2.44. The Morgan fingerprint density at radius 3 is 2.63 bits per heavy atom. The van der Waals surface area contributed by atoms with Crippen molar-refractivity contribution in [3.63, 3.8) is 0 Å². The molecular weight excluding hydrogens is 260 g/mol. The number of nitrogens with zero attached hydrogens (tertiary/aromatic N) is 1. The van der Waals surface area contributed by atoms with E-state index in [1.165, 1.54) is 5.56 Å². The molecule has 0 aliphatic carbocycles. The van der Waals surface area contributed by atoms with E-state index in [0.29, 0.717) is 17.0 Å². The molecule has 2 rings (SSSR count). The number of piperazine rings is 1. The van der Waals surface area contributed by atoms with Crippen molar-refractivity contribution in [2.75, 3.05) is 26.2 Å². The molecule has 1 aliphatic heterocycles. The Bertz CT molecular complexity index is 419. The summed E-state index contributed by atoms with van der Waals surface area (Å²) in [5.74, 6) is 0.729. The van der Waals surface area contributed by atoms with Gasteiger partial charge in [-0.2, -0.15) is 0 Å². The molecule has 1 heterocycles. The molecule has 3 nitrogen and oxygen atoms in total. The second-order valence-electron chi connectivity index (χ2n) is 5.33. The lowest BCUT2D eigenvalue weighted by Gasteiger charge is -2.38. The summed E-state index contributed by atoms with van der Waals surface area (Å²) >= 11 is 6.06. The van der Waals surface area contributed by atoms with Crippen LogP contribution in [0, 0.1) is 5.92 Å². The lowest BCUT2D eigenvalue weighted by atomic mass is 9.90. The van der Waals surface area contributed by atoms with Crippen LogP contribution in [0.3, 0.4) is 0 Å². The molecule has 4 heteroatoms. The number of benzene rings is 1. The highest BCUT2D eigenvalue weighted by Gasteiger charge is 2.26. The molecule has 2 atom stereocenters. The number of aromatic hydroxyl groups is 1. The standard InChI is InChI=1S/C15H23ClN2O/c1-3-11(2)15(18-8-6-17-7-9-18)12-4-5-14(19)13(16)10-12/h4-5,10-11,15,17,19H,3,6-9H2,1-2H3/t11?,15-/m0/s1. The number of hydrogen-bond acceptors (Lipinski definition) is 3. The van der Waals surface area contributed by atoms with Gasteiger partial charge in [0.1, 0.15) is 5.75 Å². The van der Waals surface area contributed by atoms with E-state index in [-0.39, 0.29) is 5.75 Å². The molecular formula is C15H23ClN2O. The van der Waals surface area contributed by atoms with Crippen molar-refractivity contribution < 1.29 is 5.11 Å². The summed E-state index contributed by atoms with van der Waals surface area (Å²) in [6, 6.07) is 6.00. The molecule has 1 aromatic carbocycles. The van der Waals surface area contributed by atoms with Gasteiger partial charge in [-0.1, -0.05) is 37.9 Å².